The highest BCUT2D eigenvalue weighted by atomic mass is 19.4. The minimum atomic E-state index is -4.09. The third kappa shape index (κ3) is 5.16. The molecule has 0 spiro atoms. The number of alkyl halides is 3. The standard InChI is InChI=1S/C13H18F3N3/c14-13(15,16)10-19-6-3-12(4-7-19)18-9-11-2-1-5-17-8-11/h1-2,5,8,12,18H,3-4,6-7,9-10H2. The molecule has 0 radical (unpaired) electrons. The number of nitrogens with zero attached hydrogens (tertiary/aromatic N) is 2. The number of pyridine rings is 1. The molecule has 6 heteroatoms. The van der Waals surface area contributed by atoms with Gasteiger partial charge in [0.05, 0.1) is 6.54 Å². The molecule has 0 unspecified atom stereocenters. The van der Waals surface area contributed by atoms with E-state index in [9.17, 15) is 13.2 Å². The van der Waals surface area contributed by atoms with E-state index in [0.29, 0.717) is 19.1 Å². The van der Waals surface area contributed by atoms with Gasteiger partial charge in [-0.25, -0.2) is 0 Å². The maximum atomic E-state index is 12.2. The Kier molecular flexibility index (Phi) is 4.76. The van der Waals surface area contributed by atoms with Crippen LogP contribution in [-0.4, -0.2) is 41.7 Å². The maximum Gasteiger partial charge on any atom is 0.401 e. The van der Waals surface area contributed by atoms with Crippen LogP contribution in [0.25, 0.3) is 0 Å². The van der Waals surface area contributed by atoms with Crippen molar-refractivity contribution in [2.24, 2.45) is 0 Å². The summed E-state index contributed by atoms with van der Waals surface area (Å²) in [6, 6.07) is 4.16. The molecule has 1 aliphatic heterocycles. The van der Waals surface area contributed by atoms with Crippen molar-refractivity contribution in [2.75, 3.05) is 19.6 Å². The van der Waals surface area contributed by atoms with Crippen LogP contribution in [0, 0.1) is 0 Å². The third-order valence-corrected chi connectivity index (χ3v) is 3.31. The topological polar surface area (TPSA) is 28.2 Å². The van der Waals surface area contributed by atoms with Crippen LogP contribution in [0.2, 0.25) is 0 Å². The smallest absolute Gasteiger partial charge is 0.310 e. The summed E-state index contributed by atoms with van der Waals surface area (Å²) in [5, 5.41) is 3.37. The van der Waals surface area contributed by atoms with E-state index in [1.54, 1.807) is 12.4 Å². The van der Waals surface area contributed by atoms with Crippen molar-refractivity contribution in [1.29, 1.82) is 0 Å². The van der Waals surface area contributed by atoms with E-state index in [1.807, 2.05) is 12.1 Å². The Bertz CT molecular complexity index is 372. The molecule has 106 valence electrons. The zero-order valence-electron chi connectivity index (χ0n) is 10.7. The molecular formula is C13H18F3N3. The number of nitrogens with one attached hydrogen (secondary N) is 1. The molecule has 0 atom stereocenters. The number of halogens is 3. The minimum Gasteiger partial charge on any atom is -0.310 e. The van der Waals surface area contributed by atoms with Crippen LogP contribution in [0.1, 0.15) is 18.4 Å². The van der Waals surface area contributed by atoms with Crippen molar-refractivity contribution in [3.8, 4) is 0 Å². The largest absolute Gasteiger partial charge is 0.401 e. The highest BCUT2D eigenvalue weighted by Gasteiger charge is 2.32. The lowest BCUT2D eigenvalue weighted by molar-refractivity contribution is -0.148. The van der Waals surface area contributed by atoms with Crippen molar-refractivity contribution in [2.45, 2.75) is 31.6 Å². The molecule has 2 heterocycles. The Morgan fingerprint density at radius 2 is 2.05 bits per heavy atom. The highest BCUT2D eigenvalue weighted by Crippen LogP contribution is 2.19. The monoisotopic (exact) mass is 273 g/mol. The number of rotatable bonds is 4. The Hall–Kier alpha value is -1.14. The molecule has 19 heavy (non-hydrogen) atoms. The van der Waals surface area contributed by atoms with Crippen LogP contribution < -0.4 is 5.32 Å². The predicted octanol–water partition coefficient (Wildman–Crippen LogP) is 2.20. The summed E-state index contributed by atoms with van der Waals surface area (Å²) in [7, 11) is 0. The van der Waals surface area contributed by atoms with Gasteiger partial charge in [-0.05, 0) is 37.6 Å². The second-order valence-electron chi connectivity index (χ2n) is 4.91. The Labute approximate surface area is 110 Å². The van der Waals surface area contributed by atoms with Gasteiger partial charge in [0, 0.05) is 25.0 Å². The lowest BCUT2D eigenvalue weighted by Gasteiger charge is -2.32. The molecule has 0 aromatic carbocycles. The predicted molar refractivity (Wildman–Crippen MR) is 66.6 cm³/mol. The summed E-state index contributed by atoms with van der Waals surface area (Å²) < 4.78 is 36.7. The van der Waals surface area contributed by atoms with Gasteiger partial charge < -0.3 is 5.32 Å². The summed E-state index contributed by atoms with van der Waals surface area (Å²) >= 11 is 0. The van der Waals surface area contributed by atoms with E-state index in [4.69, 9.17) is 0 Å². The molecule has 1 fully saturated rings. The van der Waals surface area contributed by atoms with Crippen molar-refractivity contribution in [3.63, 3.8) is 0 Å². The zero-order chi connectivity index (χ0) is 13.7. The number of piperidine rings is 1. The molecule has 1 aliphatic rings. The van der Waals surface area contributed by atoms with Crippen LogP contribution in [-0.2, 0) is 6.54 Å². The Morgan fingerprint density at radius 1 is 1.32 bits per heavy atom. The number of likely N-dealkylation sites (tertiary alicyclic amines) is 1. The molecule has 2 rings (SSSR count). The van der Waals surface area contributed by atoms with Crippen molar-refractivity contribution in [3.05, 3.63) is 30.1 Å². The maximum absolute atomic E-state index is 12.2. The molecule has 0 aliphatic carbocycles. The number of hydrogen-bond acceptors (Lipinski definition) is 3. The van der Waals surface area contributed by atoms with E-state index in [2.05, 4.69) is 10.3 Å². The van der Waals surface area contributed by atoms with Crippen LogP contribution in [0.3, 0.4) is 0 Å². The summed E-state index contributed by atoms with van der Waals surface area (Å²) in [4.78, 5) is 5.50. The van der Waals surface area contributed by atoms with Crippen molar-refractivity contribution < 1.29 is 13.2 Å². The fraction of sp³-hybridized carbons (Fsp3) is 0.615. The van der Waals surface area contributed by atoms with Crippen molar-refractivity contribution in [1.82, 2.24) is 15.2 Å². The van der Waals surface area contributed by atoms with E-state index >= 15 is 0 Å². The number of aromatic nitrogens is 1. The van der Waals surface area contributed by atoms with Gasteiger partial charge in [-0.15, -0.1) is 0 Å². The Balaban J connectivity index is 1.69. The first-order chi connectivity index (χ1) is 9.03. The molecular weight excluding hydrogens is 255 g/mol. The minimum absolute atomic E-state index is 0.296. The molecule has 1 N–H and O–H groups in total. The van der Waals surface area contributed by atoms with Crippen LogP contribution >= 0.6 is 0 Å². The normalized spacial score (nSPS) is 18.7. The van der Waals surface area contributed by atoms with Gasteiger partial charge in [-0.2, -0.15) is 13.2 Å². The summed E-state index contributed by atoms with van der Waals surface area (Å²) in [6.07, 6.45) is 0.952. The van der Waals surface area contributed by atoms with E-state index in [0.717, 1.165) is 24.9 Å². The van der Waals surface area contributed by atoms with Gasteiger partial charge >= 0.3 is 6.18 Å². The molecule has 1 aromatic heterocycles. The molecule has 3 nitrogen and oxygen atoms in total. The molecule has 1 aromatic rings. The summed E-state index contributed by atoms with van der Waals surface area (Å²) in [6.45, 7) is 0.939. The highest BCUT2D eigenvalue weighted by molar-refractivity contribution is 5.08. The molecule has 0 bridgehead atoms. The first-order valence-electron chi connectivity index (χ1n) is 6.44. The van der Waals surface area contributed by atoms with Gasteiger partial charge in [0.25, 0.3) is 0 Å². The average molecular weight is 273 g/mol. The fourth-order valence-corrected chi connectivity index (χ4v) is 2.31. The lowest BCUT2D eigenvalue weighted by Crippen LogP contribution is -2.45. The zero-order valence-corrected chi connectivity index (χ0v) is 10.7. The van der Waals surface area contributed by atoms with Gasteiger partial charge in [0.1, 0.15) is 0 Å². The summed E-state index contributed by atoms with van der Waals surface area (Å²) in [5.41, 5.74) is 1.10. The summed E-state index contributed by atoms with van der Waals surface area (Å²) in [5.74, 6) is 0. The van der Waals surface area contributed by atoms with E-state index < -0.39 is 12.7 Å². The van der Waals surface area contributed by atoms with E-state index in [-0.39, 0.29) is 0 Å². The number of hydrogen-bond donors (Lipinski definition) is 1. The van der Waals surface area contributed by atoms with Crippen LogP contribution in [0.4, 0.5) is 13.2 Å². The fourth-order valence-electron chi connectivity index (χ4n) is 2.31. The van der Waals surface area contributed by atoms with Gasteiger partial charge in [-0.3, -0.25) is 9.88 Å². The van der Waals surface area contributed by atoms with Gasteiger partial charge in [0.2, 0.25) is 0 Å². The average Bonchev–Trinajstić information content (AvgIpc) is 2.37. The lowest BCUT2D eigenvalue weighted by atomic mass is 10.0. The van der Waals surface area contributed by atoms with Crippen molar-refractivity contribution >= 4 is 0 Å². The molecule has 0 saturated carbocycles. The van der Waals surface area contributed by atoms with Crippen LogP contribution in [0.15, 0.2) is 24.5 Å². The second kappa shape index (κ2) is 6.34. The van der Waals surface area contributed by atoms with Gasteiger partial charge in [0.15, 0.2) is 0 Å². The van der Waals surface area contributed by atoms with Crippen LogP contribution in [0.5, 0.6) is 0 Å². The second-order valence-corrected chi connectivity index (χ2v) is 4.91. The quantitative estimate of drug-likeness (QED) is 0.911. The third-order valence-electron chi connectivity index (χ3n) is 3.31. The first kappa shape index (κ1) is 14.3. The van der Waals surface area contributed by atoms with E-state index in [1.165, 1.54) is 4.90 Å². The Morgan fingerprint density at radius 3 is 2.63 bits per heavy atom. The molecule has 0 amide bonds. The van der Waals surface area contributed by atoms with Gasteiger partial charge in [-0.1, -0.05) is 6.07 Å². The molecule has 1 saturated heterocycles. The SMILES string of the molecule is FC(F)(F)CN1CCC(NCc2cccnc2)CC1. The first-order valence-corrected chi connectivity index (χ1v) is 6.44.